The minimum Gasteiger partial charge on any atom is -0.733 e. The molecule has 246 valence electrons. The Hall–Kier alpha value is -4.88. The maximum atomic E-state index is 13.9. The average molecular weight is 643 g/mol. The second-order valence-corrected chi connectivity index (χ2v) is 12.6. The van der Waals surface area contributed by atoms with E-state index in [1.165, 1.54) is 20.3 Å². The van der Waals surface area contributed by atoms with E-state index < -0.39 is 17.0 Å². The number of ether oxygens (including phenoxy) is 2. The molecule has 13 heteroatoms. The minimum atomic E-state index is -0.616. The van der Waals surface area contributed by atoms with Crippen LogP contribution in [0.4, 0.5) is 11.4 Å². The molecule has 4 aliphatic heterocycles. The number of pyridine rings is 1. The molecule has 0 spiro atoms. The van der Waals surface area contributed by atoms with Gasteiger partial charge in [0.1, 0.15) is 11.9 Å². The summed E-state index contributed by atoms with van der Waals surface area (Å²) in [6.07, 6.45) is 2.62. The fourth-order valence-electron chi connectivity index (χ4n) is 7.83. The summed E-state index contributed by atoms with van der Waals surface area (Å²) in [4.78, 5) is 58.9. The van der Waals surface area contributed by atoms with Gasteiger partial charge in [-0.3, -0.25) is 29.3 Å². The Kier molecular flexibility index (Phi) is 7.88. The third-order valence-electron chi connectivity index (χ3n) is 9.92. The molecule has 0 radical (unpaired) electrons. The molecular formula is C34H36N5O8-. The Balaban J connectivity index is 1.01. The zero-order chi connectivity index (χ0) is 33.0. The number of amides is 3. The first-order chi connectivity index (χ1) is 22.7. The van der Waals surface area contributed by atoms with Gasteiger partial charge < -0.3 is 34.3 Å². The Bertz CT molecular complexity index is 1820. The Labute approximate surface area is 271 Å². The third kappa shape index (κ3) is 5.01. The van der Waals surface area contributed by atoms with Crippen molar-refractivity contribution in [3.63, 3.8) is 0 Å². The van der Waals surface area contributed by atoms with Crippen LogP contribution in [0.15, 0.2) is 53.3 Å². The normalized spacial score (nSPS) is 20.8. The van der Waals surface area contributed by atoms with E-state index in [1.807, 2.05) is 17.0 Å². The van der Waals surface area contributed by atoms with Crippen LogP contribution >= 0.6 is 0 Å². The zero-order valence-electron chi connectivity index (χ0n) is 26.3. The van der Waals surface area contributed by atoms with E-state index in [9.17, 15) is 29.6 Å². The van der Waals surface area contributed by atoms with Gasteiger partial charge in [0.2, 0.25) is 5.91 Å². The third-order valence-corrected chi connectivity index (χ3v) is 9.92. The van der Waals surface area contributed by atoms with Crippen molar-refractivity contribution in [1.82, 2.24) is 14.4 Å². The maximum absolute atomic E-state index is 13.9. The summed E-state index contributed by atoms with van der Waals surface area (Å²) in [5, 5.41) is 20.2. The number of anilines is 2. The highest BCUT2D eigenvalue weighted by Crippen LogP contribution is 2.49. The molecule has 7 rings (SSSR count). The number of methoxy groups -OCH3 is 2. The number of carbonyl (C=O) groups excluding carboxylic acids is 3. The van der Waals surface area contributed by atoms with Crippen LogP contribution in [0, 0.1) is 11.1 Å². The van der Waals surface area contributed by atoms with Crippen LogP contribution < -0.4 is 25.2 Å². The van der Waals surface area contributed by atoms with Gasteiger partial charge in [0.25, 0.3) is 17.4 Å². The van der Waals surface area contributed by atoms with Crippen LogP contribution in [0.1, 0.15) is 76.2 Å². The van der Waals surface area contributed by atoms with Crippen molar-refractivity contribution in [1.29, 1.82) is 0 Å². The molecule has 47 heavy (non-hydrogen) atoms. The number of fused-ring (bicyclic) bond motifs is 9. The number of hydrogen-bond donors (Lipinski definition) is 1. The van der Waals surface area contributed by atoms with Crippen LogP contribution in [0.25, 0.3) is 0 Å². The molecular weight excluding hydrogens is 606 g/mol. The van der Waals surface area contributed by atoms with Gasteiger partial charge in [-0.05, 0) is 55.5 Å². The number of piperidine rings is 1. The molecule has 1 saturated heterocycles. The lowest BCUT2D eigenvalue weighted by Crippen LogP contribution is -2.49. The van der Waals surface area contributed by atoms with E-state index in [-0.39, 0.29) is 35.2 Å². The van der Waals surface area contributed by atoms with E-state index in [1.54, 1.807) is 44.7 Å². The summed E-state index contributed by atoms with van der Waals surface area (Å²) in [7, 11) is 3.01. The number of hydrogen-bond acceptors (Lipinski definition) is 9. The number of benzene rings is 2. The number of nitrogens with zero attached hydrogens (tertiary/aromatic N) is 5. The van der Waals surface area contributed by atoms with Gasteiger partial charge in [-0.1, -0.05) is 24.6 Å². The van der Waals surface area contributed by atoms with Crippen LogP contribution in [-0.2, 0) is 11.3 Å². The number of para-hydroxylation sites is 1. The fraction of sp³-hybridized carbons (Fsp3) is 0.412. The van der Waals surface area contributed by atoms with E-state index >= 15 is 0 Å². The van der Waals surface area contributed by atoms with Gasteiger partial charge in [0, 0.05) is 49.8 Å². The molecule has 1 aromatic heterocycles. The number of likely N-dealkylation sites (tertiary alicyclic amines) is 1. The second kappa shape index (κ2) is 12.0. The number of rotatable bonds is 9. The molecule has 1 fully saturated rings. The smallest absolute Gasteiger partial charge is 0.275 e. The average Bonchev–Trinajstić information content (AvgIpc) is 3.37. The van der Waals surface area contributed by atoms with Crippen molar-refractivity contribution in [3.05, 3.63) is 86.5 Å². The highest BCUT2D eigenvalue weighted by Gasteiger charge is 2.49. The Morgan fingerprint density at radius 1 is 0.957 bits per heavy atom. The molecule has 0 aliphatic carbocycles. The highest BCUT2D eigenvalue weighted by atomic mass is 16.8. The predicted molar refractivity (Wildman–Crippen MR) is 171 cm³/mol. The molecule has 4 aliphatic rings. The summed E-state index contributed by atoms with van der Waals surface area (Å²) >= 11 is 0. The lowest BCUT2D eigenvalue weighted by Gasteiger charge is -2.43. The van der Waals surface area contributed by atoms with Crippen molar-refractivity contribution >= 4 is 29.1 Å². The summed E-state index contributed by atoms with van der Waals surface area (Å²) < 4.78 is 12.6. The zero-order valence-corrected chi connectivity index (χ0v) is 26.3. The molecule has 2 bridgehead atoms. The largest absolute Gasteiger partial charge is 0.733 e. The van der Waals surface area contributed by atoms with Crippen molar-refractivity contribution in [2.45, 2.75) is 50.7 Å². The van der Waals surface area contributed by atoms with Crippen molar-refractivity contribution < 1.29 is 29.1 Å². The summed E-state index contributed by atoms with van der Waals surface area (Å²) in [6, 6.07) is 13.7. The van der Waals surface area contributed by atoms with Gasteiger partial charge in [-0.15, -0.1) is 0 Å². The van der Waals surface area contributed by atoms with E-state index in [2.05, 4.69) is 0 Å². The molecule has 3 amide bonds. The summed E-state index contributed by atoms with van der Waals surface area (Å²) in [6.45, 7) is 1.83. The first-order valence-electron chi connectivity index (χ1n) is 15.9. The predicted octanol–water partition coefficient (Wildman–Crippen LogP) is 3.88. The summed E-state index contributed by atoms with van der Waals surface area (Å²) in [5.41, 5.74) is 2.04. The first-order valence-corrected chi connectivity index (χ1v) is 15.9. The van der Waals surface area contributed by atoms with Gasteiger partial charge >= 0.3 is 0 Å². The van der Waals surface area contributed by atoms with Crippen LogP contribution in [0.2, 0.25) is 0 Å². The van der Waals surface area contributed by atoms with Crippen LogP contribution in [-0.4, -0.2) is 71.1 Å². The highest BCUT2D eigenvalue weighted by molar-refractivity contribution is 6.18. The molecule has 5 heterocycles. The Morgan fingerprint density at radius 2 is 1.77 bits per heavy atom. The minimum absolute atomic E-state index is 0.0153. The molecule has 3 atom stereocenters. The van der Waals surface area contributed by atoms with Crippen molar-refractivity contribution in [2.75, 3.05) is 44.0 Å². The lowest BCUT2D eigenvalue weighted by atomic mass is 9.83. The lowest BCUT2D eigenvalue weighted by molar-refractivity contribution is -0.134. The molecule has 2 aromatic carbocycles. The monoisotopic (exact) mass is 642 g/mol. The van der Waals surface area contributed by atoms with E-state index in [4.69, 9.17) is 9.47 Å². The molecule has 1 unspecified atom stereocenters. The topological polar surface area (TPSA) is 148 Å². The van der Waals surface area contributed by atoms with Gasteiger partial charge in [0.15, 0.2) is 11.5 Å². The first kappa shape index (κ1) is 30.8. The van der Waals surface area contributed by atoms with Crippen LogP contribution in [0.3, 0.4) is 0 Å². The van der Waals surface area contributed by atoms with Crippen molar-refractivity contribution in [2.24, 2.45) is 5.92 Å². The van der Waals surface area contributed by atoms with E-state index in [0.717, 1.165) is 12.1 Å². The van der Waals surface area contributed by atoms with Gasteiger partial charge in [-0.2, -0.15) is 0 Å². The Morgan fingerprint density at radius 3 is 2.53 bits per heavy atom. The van der Waals surface area contributed by atoms with E-state index in [0.29, 0.717) is 85.7 Å². The molecule has 3 aromatic rings. The maximum Gasteiger partial charge on any atom is 0.275 e. The van der Waals surface area contributed by atoms with Crippen molar-refractivity contribution in [3.8, 4) is 11.5 Å². The number of carbonyl (C=O) groups is 3. The molecule has 13 nitrogen and oxygen atoms in total. The van der Waals surface area contributed by atoms with Crippen LogP contribution in [0.5, 0.6) is 11.5 Å². The quantitative estimate of drug-likeness (QED) is 0.271. The second-order valence-electron chi connectivity index (χ2n) is 12.6. The van der Waals surface area contributed by atoms with Gasteiger partial charge in [-0.25, -0.2) is 0 Å². The standard InChI is InChI=1S/C34H36N5O8/c1-46-27-14-11-23-29(30(27)47-2)34(43)38-25-9-6-5-8-22(25)32(41)36(31(23)38)15-7-3-4-10-28(40)35-17-20-16-21(19-35)24-12-13-26(39(44)45)33(42)37(24)18-20/h5-6,8-9,11-14,20-21,31,44H,3-4,7,10,15-19H2,1-2H3/q-1/t20-,21+,31?/m1/s1. The number of aromatic nitrogens is 1. The number of unbranched alkanes of at least 4 members (excludes halogenated alkanes) is 2. The SMILES string of the molecule is COc1ccc2c(c1OC)C(=O)N1c3ccccc3C(=O)N(CCCCCC(=O)N3C[C@H]4C[C@@H](C3)c3ccc(N([O-])O)c(=O)n3C4)C21. The fourth-order valence-corrected chi connectivity index (χ4v) is 7.83. The summed E-state index contributed by atoms with van der Waals surface area (Å²) in [5.74, 6) is 0.505. The molecule has 0 saturated carbocycles. The van der Waals surface area contributed by atoms with Gasteiger partial charge in [0.05, 0.1) is 31.0 Å². The molecule has 1 N–H and O–H groups in total.